The van der Waals surface area contributed by atoms with Gasteiger partial charge >= 0.3 is 0 Å². The lowest BCUT2D eigenvalue weighted by molar-refractivity contribution is -0.152. The van der Waals surface area contributed by atoms with Gasteiger partial charge in [-0.3, -0.25) is 0 Å². The molecule has 0 N–H and O–H groups in total. The van der Waals surface area contributed by atoms with E-state index in [0.717, 1.165) is 19.6 Å². The zero-order valence-corrected chi connectivity index (χ0v) is 12.1. The molecule has 0 atom stereocenters. The third-order valence-corrected chi connectivity index (χ3v) is 2.48. The van der Waals surface area contributed by atoms with Crippen LogP contribution >= 0.6 is 0 Å². The first-order valence-electron chi connectivity index (χ1n) is 6.85. The van der Waals surface area contributed by atoms with Gasteiger partial charge in [0.05, 0.1) is 13.2 Å². The molecule has 0 amide bonds. The van der Waals surface area contributed by atoms with Crippen molar-refractivity contribution in [2.75, 3.05) is 13.2 Å². The fourth-order valence-electron chi connectivity index (χ4n) is 1.57. The van der Waals surface area contributed by atoms with E-state index in [1.807, 2.05) is 6.07 Å². The van der Waals surface area contributed by atoms with Gasteiger partial charge in [-0.05, 0) is 17.4 Å². The SMILES string of the molecule is CC(C)COC(Cc1ccccc1)OCC(C)C. The molecule has 0 aliphatic heterocycles. The van der Waals surface area contributed by atoms with Gasteiger partial charge in [0.25, 0.3) is 0 Å². The maximum absolute atomic E-state index is 5.84. The fourth-order valence-corrected chi connectivity index (χ4v) is 1.57. The molecule has 1 rings (SSSR count). The van der Waals surface area contributed by atoms with Crippen molar-refractivity contribution in [3.05, 3.63) is 35.9 Å². The van der Waals surface area contributed by atoms with Gasteiger partial charge in [0.1, 0.15) is 0 Å². The van der Waals surface area contributed by atoms with Crippen molar-refractivity contribution in [1.29, 1.82) is 0 Å². The first-order chi connectivity index (χ1) is 8.58. The van der Waals surface area contributed by atoms with Crippen molar-refractivity contribution in [3.63, 3.8) is 0 Å². The van der Waals surface area contributed by atoms with Gasteiger partial charge in [-0.2, -0.15) is 0 Å². The minimum Gasteiger partial charge on any atom is -0.352 e. The summed E-state index contributed by atoms with van der Waals surface area (Å²) in [4.78, 5) is 0. The molecule has 0 unspecified atom stereocenters. The Labute approximate surface area is 111 Å². The molecule has 0 heterocycles. The average molecular weight is 250 g/mol. The van der Waals surface area contributed by atoms with Crippen LogP contribution in [0.15, 0.2) is 30.3 Å². The van der Waals surface area contributed by atoms with Crippen molar-refractivity contribution in [2.45, 2.75) is 40.4 Å². The third kappa shape index (κ3) is 6.77. The van der Waals surface area contributed by atoms with Crippen molar-refractivity contribution in [2.24, 2.45) is 11.8 Å². The Hall–Kier alpha value is -0.860. The van der Waals surface area contributed by atoms with Gasteiger partial charge in [0, 0.05) is 6.42 Å². The van der Waals surface area contributed by atoms with Crippen LogP contribution in [0.25, 0.3) is 0 Å². The summed E-state index contributed by atoms with van der Waals surface area (Å²) in [5.41, 5.74) is 1.26. The Kier molecular flexibility index (Phi) is 6.99. The third-order valence-electron chi connectivity index (χ3n) is 2.48. The number of hydrogen-bond donors (Lipinski definition) is 0. The molecule has 1 aromatic carbocycles. The molecule has 18 heavy (non-hydrogen) atoms. The summed E-state index contributed by atoms with van der Waals surface area (Å²) < 4.78 is 11.7. The molecular weight excluding hydrogens is 224 g/mol. The predicted molar refractivity (Wildman–Crippen MR) is 75.5 cm³/mol. The van der Waals surface area contributed by atoms with Crippen LogP contribution in [0.5, 0.6) is 0 Å². The Balaban J connectivity index is 2.48. The van der Waals surface area contributed by atoms with E-state index in [1.54, 1.807) is 0 Å². The largest absolute Gasteiger partial charge is 0.352 e. The highest BCUT2D eigenvalue weighted by Gasteiger charge is 2.12. The highest BCUT2D eigenvalue weighted by Crippen LogP contribution is 2.10. The molecule has 0 saturated carbocycles. The van der Waals surface area contributed by atoms with E-state index < -0.39 is 0 Å². The lowest BCUT2D eigenvalue weighted by Gasteiger charge is -2.21. The zero-order valence-electron chi connectivity index (χ0n) is 12.1. The van der Waals surface area contributed by atoms with Gasteiger partial charge in [-0.25, -0.2) is 0 Å². The van der Waals surface area contributed by atoms with Crippen LogP contribution in [-0.4, -0.2) is 19.5 Å². The van der Waals surface area contributed by atoms with Crippen LogP contribution in [0.4, 0.5) is 0 Å². The summed E-state index contributed by atoms with van der Waals surface area (Å²) in [7, 11) is 0. The van der Waals surface area contributed by atoms with Crippen LogP contribution in [0.1, 0.15) is 33.3 Å². The van der Waals surface area contributed by atoms with Crippen LogP contribution in [-0.2, 0) is 15.9 Å². The second-order valence-electron chi connectivity index (χ2n) is 5.57. The van der Waals surface area contributed by atoms with Gasteiger partial charge < -0.3 is 9.47 Å². The van der Waals surface area contributed by atoms with E-state index in [4.69, 9.17) is 9.47 Å². The number of rotatable bonds is 8. The minimum atomic E-state index is -0.128. The maximum atomic E-state index is 5.84. The molecule has 2 nitrogen and oxygen atoms in total. The normalized spacial score (nSPS) is 11.7. The second kappa shape index (κ2) is 8.28. The molecule has 0 spiro atoms. The summed E-state index contributed by atoms with van der Waals surface area (Å²) in [6, 6.07) is 10.4. The molecule has 0 bridgehead atoms. The van der Waals surface area contributed by atoms with Crippen LogP contribution in [0, 0.1) is 11.8 Å². The average Bonchev–Trinajstić information content (AvgIpc) is 2.33. The Morgan fingerprint density at radius 2 is 1.33 bits per heavy atom. The Morgan fingerprint density at radius 3 is 1.78 bits per heavy atom. The topological polar surface area (TPSA) is 18.5 Å². The quantitative estimate of drug-likeness (QED) is 0.651. The summed E-state index contributed by atoms with van der Waals surface area (Å²) in [6.07, 6.45) is 0.692. The molecule has 0 saturated heterocycles. The lowest BCUT2D eigenvalue weighted by Crippen LogP contribution is -2.24. The van der Waals surface area contributed by atoms with Crippen molar-refractivity contribution in [3.8, 4) is 0 Å². The summed E-state index contributed by atoms with van der Waals surface area (Å²) in [5, 5.41) is 0. The summed E-state index contributed by atoms with van der Waals surface area (Å²) >= 11 is 0. The Bertz CT molecular complexity index is 294. The van der Waals surface area contributed by atoms with Crippen LogP contribution < -0.4 is 0 Å². The number of ether oxygens (including phenoxy) is 2. The first-order valence-corrected chi connectivity index (χ1v) is 6.85. The van der Waals surface area contributed by atoms with E-state index >= 15 is 0 Å². The molecule has 0 fully saturated rings. The summed E-state index contributed by atoms with van der Waals surface area (Å²) in [5.74, 6) is 1.07. The van der Waals surface area contributed by atoms with Gasteiger partial charge in [-0.1, -0.05) is 58.0 Å². The molecule has 102 valence electrons. The van der Waals surface area contributed by atoms with E-state index in [1.165, 1.54) is 5.56 Å². The first kappa shape index (κ1) is 15.2. The highest BCUT2D eigenvalue weighted by atomic mass is 16.7. The van der Waals surface area contributed by atoms with Crippen molar-refractivity contribution < 1.29 is 9.47 Å². The van der Waals surface area contributed by atoms with E-state index in [0.29, 0.717) is 11.8 Å². The predicted octanol–water partition coefficient (Wildman–Crippen LogP) is 3.90. The molecule has 0 radical (unpaired) electrons. The van der Waals surface area contributed by atoms with Crippen LogP contribution in [0.2, 0.25) is 0 Å². The minimum absolute atomic E-state index is 0.128. The maximum Gasteiger partial charge on any atom is 0.161 e. The van der Waals surface area contributed by atoms with E-state index in [9.17, 15) is 0 Å². The monoisotopic (exact) mass is 250 g/mol. The zero-order chi connectivity index (χ0) is 13.4. The Morgan fingerprint density at radius 1 is 0.833 bits per heavy atom. The lowest BCUT2D eigenvalue weighted by atomic mass is 10.1. The van der Waals surface area contributed by atoms with E-state index in [2.05, 4.69) is 52.0 Å². The number of hydrogen-bond acceptors (Lipinski definition) is 2. The van der Waals surface area contributed by atoms with Crippen LogP contribution in [0.3, 0.4) is 0 Å². The molecule has 0 aliphatic carbocycles. The number of benzene rings is 1. The molecule has 0 aliphatic rings. The summed E-state index contributed by atoms with van der Waals surface area (Å²) in [6.45, 7) is 10.1. The van der Waals surface area contributed by atoms with Crippen molar-refractivity contribution in [1.82, 2.24) is 0 Å². The molecule has 0 aromatic heterocycles. The molecule has 2 heteroatoms. The standard InChI is InChI=1S/C16H26O2/c1-13(2)11-17-16(18-12-14(3)4)10-15-8-6-5-7-9-15/h5-9,13-14,16H,10-12H2,1-4H3. The second-order valence-corrected chi connectivity index (χ2v) is 5.57. The molecular formula is C16H26O2. The van der Waals surface area contributed by atoms with Crippen molar-refractivity contribution >= 4 is 0 Å². The van der Waals surface area contributed by atoms with Gasteiger partial charge in [0.15, 0.2) is 6.29 Å². The van der Waals surface area contributed by atoms with Gasteiger partial charge in [-0.15, -0.1) is 0 Å². The fraction of sp³-hybridized carbons (Fsp3) is 0.625. The smallest absolute Gasteiger partial charge is 0.161 e. The van der Waals surface area contributed by atoms with Gasteiger partial charge in [0.2, 0.25) is 0 Å². The van der Waals surface area contributed by atoms with E-state index in [-0.39, 0.29) is 6.29 Å². The highest BCUT2D eigenvalue weighted by molar-refractivity contribution is 5.15. The molecule has 1 aromatic rings.